The summed E-state index contributed by atoms with van der Waals surface area (Å²) in [5, 5.41) is 0. The van der Waals surface area contributed by atoms with E-state index >= 15 is 0 Å². The minimum Gasteiger partial charge on any atom is -0.340 e. The van der Waals surface area contributed by atoms with Crippen LogP contribution in [0.2, 0.25) is 0 Å². The highest BCUT2D eigenvalue weighted by atomic mass is 16.2. The number of nitrogens with zero attached hydrogens (tertiary/aromatic N) is 2. The summed E-state index contributed by atoms with van der Waals surface area (Å²) >= 11 is 0. The molecule has 0 saturated carbocycles. The van der Waals surface area contributed by atoms with E-state index in [1.54, 1.807) is 13.8 Å². The molecule has 98 valence electrons. The van der Waals surface area contributed by atoms with Gasteiger partial charge in [-0.3, -0.25) is 14.5 Å². The van der Waals surface area contributed by atoms with E-state index in [1.807, 2.05) is 24.3 Å². The summed E-state index contributed by atoms with van der Waals surface area (Å²) in [5.74, 6) is -0.0612. The third-order valence-corrected chi connectivity index (χ3v) is 3.81. The number of rotatable bonds is 2. The third kappa shape index (κ3) is 1.82. The first-order chi connectivity index (χ1) is 9.08. The number of nitrogens with one attached hydrogen (secondary N) is 1. The molecule has 2 aromatic rings. The summed E-state index contributed by atoms with van der Waals surface area (Å²) < 4.78 is 0. The minimum absolute atomic E-state index is 0.113. The van der Waals surface area contributed by atoms with Crippen LogP contribution in [0.5, 0.6) is 0 Å². The number of H-pyrrole nitrogens is 1. The number of para-hydroxylation sites is 2. The van der Waals surface area contributed by atoms with E-state index in [2.05, 4.69) is 9.97 Å². The predicted octanol–water partition coefficient (Wildman–Crippen LogP) is 1.70. The zero-order valence-electron chi connectivity index (χ0n) is 10.9. The lowest BCUT2D eigenvalue weighted by Gasteiger charge is -2.12. The molecule has 5 nitrogen and oxygen atoms in total. The van der Waals surface area contributed by atoms with E-state index in [1.165, 1.54) is 4.90 Å². The number of imidazole rings is 1. The molecule has 1 aliphatic rings. The lowest BCUT2D eigenvalue weighted by molar-refractivity contribution is -0.140. The van der Waals surface area contributed by atoms with Crippen LogP contribution in [0.1, 0.15) is 19.7 Å². The zero-order chi connectivity index (χ0) is 13.6. The maximum absolute atomic E-state index is 12.0. The highest BCUT2D eigenvalue weighted by molar-refractivity contribution is 6.04. The Morgan fingerprint density at radius 1 is 1.16 bits per heavy atom. The van der Waals surface area contributed by atoms with Gasteiger partial charge in [-0.2, -0.15) is 0 Å². The number of carbonyl (C=O) groups excluding carboxylic acids is 2. The van der Waals surface area contributed by atoms with E-state index in [0.29, 0.717) is 5.82 Å². The fourth-order valence-corrected chi connectivity index (χ4v) is 2.41. The van der Waals surface area contributed by atoms with E-state index in [-0.39, 0.29) is 30.2 Å². The fourth-order valence-electron chi connectivity index (χ4n) is 2.41. The molecule has 0 spiro atoms. The highest BCUT2D eigenvalue weighted by Crippen LogP contribution is 2.26. The number of aromatic nitrogens is 2. The van der Waals surface area contributed by atoms with Crippen LogP contribution in [-0.4, -0.2) is 26.7 Å². The van der Waals surface area contributed by atoms with E-state index in [9.17, 15) is 9.59 Å². The van der Waals surface area contributed by atoms with Gasteiger partial charge in [0.2, 0.25) is 11.8 Å². The summed E-state index contributed by atoms with van der Waals surface area (Å²) in [6.07, 6.45) is 0. The van der Waals surface area contributed by atoms with Crippen molar-refractivity contribution in [1.82, 2.24) is 14.9 Å². The first-order valence-corrected chi connectivity index (χ1v) is 6.37. The van der Waals surface area contributed by atoms with Gasteiger partial charge in [0.1, 0.15) is 5.82 Å². The van der Waals surface area contributed by atoms with Crippen LogP contribution in [0.4, 0.5) is 0 Å². The van der Waals surface area contributed by atoms with Crippen molar-refractivity contribution < 1.29 is 9.59 Å². The summed E-state index contributed by atoms with van der Waals surface area (Å²) in [5.41, 5.74) is 1.76. The third-order valence-electron chi connectivity index (χ3n) is 3.81. The monoisotopic (exact) mass is 257 g/mol. The largest absolute Gasteiger partial charge is 0.340 e. The summed E-state index contributed by atoms with van der Waals surface area (Å²) in [6, 6.07) is 7.64. The summed E-state index contributed by atoms with van der Waals surface area (Å²) in [7, 11) is 0. The number of amides is 2. The molecular formula is C14H15N3O2. The Bertz CT molecular complexity index is 609. The number of aromatic amines is 1. The molecule has 1 aromatic heterocycles. The second-order valence-electron chi connectivity index (χ2n) is 5.04. The van der Waals surface area contributed by atoms with Crippen molar-refractivity contribution in [3.05, 3.63) is 30.1 Å². The van der Waals surface area contributed by atoms with E-state index in [0.717, 1.165) is 11.0 Å². The number of hydrogen-bond donors (Lipinski definition) is 1. The number of benzene rings is 1. The Kier molecular flexibility index (Phi) is 2.62. The molecule has 0 radical (unpaired) electrons. The van der Waals surface area contributed by atoms with Gasteiger partial charge in [0, 0.05) is 11.8 Å². The standard InChI is InChI=1S/C14H15N3O2/c1-8-9(2)14(19)17(13(8)18)7-12-15-10-5-3-4-6-11(10)16-12/h3-6,8-9H,7H2,1-2H3,(H,15,16). The molecule has 1 saturated heterocycles. The molecule has 1 N–H and O–H groups in total. The topological polar surface area (TPSA) is 66.1 Å². The molecule has 3 rings (SSSR count). The van der Waals surface area contributed by atoms with Crippen LogP contribution in [0, 0.1) is 11.8 Å². The molecule has 2 unspecified atom stereocenters. The average Bonchev–Trinajstić information content (AvgIpc) is 2.90. The van der Waals surface area contributed by atoms with Gasteiger partial charge in [-0.1, -0.05) is 26.0 Å². The van der Waals surface area contributed by atoms with Gasteiger partial charge in [-0.15, -0.1) is 0 Å². The van der Waals surface area contributed by atoms with Gasteiger partial charge in [0.05, 0.1) is 17.6 Å². The lowest BCUT2D eigenvalue weighted by Crippen LogP contribution is -2.30. The molecule has 2 atom stereocenters. The molecule has 0 bridgehead atoms. The molecule has 5 heteroatoms. The number of fused-ring (bicyclic) bond motifs is 1. The first-order valence-electron chi connectivity index (χ1n) is 6.37. The lowest BCUT2D eigenvalue weighted by atomic mass is 10.00. The second kappa shape index (κ2) is 4.19. The molecule has 2 heterocycles. The van der Waals surface area contributed by atoms with Crippen molar-refractivity contribution in [3.63, 3.8) is 0 Å². The normalized spacial score (nSPS) is 23.6. The van der Waals surface area contributed by atoms with Crippen LogP contribution in [0.3, 0.4) is 0 Å². The van der Waals surface area contributed by atoms with Gasteiger partial charge in [0.25, 0.3) is 0 Å². The number of imide groups is 1. The Balaban J connectivity index is 1.89. The van der Waals surface area contributed by atoms with Crippen molar-refractivity contribution in [1.29, 1.82) is 0 Å². The van der Waals surface area contributed by atoms with Gasteiger partial charge in [-0.25, -0.2) is 4.98 Å². The van der Waals surface area contributed by atoms with Crippen LogP contribution >= 0.6 is 0 Å². The van der Waals surface area contributed by atoms with Crippen LogP contribution in [0.15, 0.2) is 24.3 Å². The second-order valence-corrected chi connectivity index (χ2v) is 5.04. The maximum Gasteiger partial charge on any atom is 0.233 e. The number of hydrogen-bond acceptors (Lipinski definition) is 3. The molecule has 0 aliphatic carbocycles. The summed E-state index contributed by atoms with van der Waals surface area (Å²) in [6.45, 7) is 3.81. The first kappa shape index (κ1) is 11.9. The van der Waals surface area contributed by atoms with Crippen molar-refractivity contribution >= 4 is 22.8 Å². The van der Waals surface area contributed by atoms with E-state index < -0.39 is 0 Å². The van der Waals surface area contributed by atoms with Gasteiger partial charge in [0.15, 0.2) is 0 Å². The number of carbonyl (C=O) groups is 2. The smallest absolute Gasteiger partial charge is 0.233 e. The van der Waals surface area contributed by atoms with Gasteiger partial charge in [-0.05, 0) is 12.1 Å². The predicted molar refractivity (Wildman–Crippen MR) is 70.0 cm³/mol. The number of likely N-dealkylation sites (tertiary alicyclic amines) is 1. The van der Waals surface area contributed by atoms with Crippen LogP contribution in [-0.2, 0) is 16.1 Å². The fraction of sp³-hybridized carbons (Fsp3) is 0.357. The Morgan fingerprint density at radius 2 is 1.79 bits per heavy atom. The molecular weight excluding hydrogens is 242 g/mol. The van der Waals surface area contributed by atoms with Crippen molar-refractivity contribution in [2.24, 2.45) is 11.8 Å². The minimum atomic E-state index is -0.239. The Labute approximate surface area is 110 Å². The van der Waals surface area contributed by atoms with Gasteiger partial charge < -0.3 is 4.98 Å². The van der Waals surface area contributed by atoms with E-state index in [4.69, 9.17) is 0 Å². The molecule has 1 aromatic carbocycles. The van der Waals surface area contributed by atoms with Crippen molar-refractivity contribution in [3.8, 4) is 0 Å². The van der Waals surface area contributed by atoms with Crippen molar-refractivity contribution in [2.75, 3.05) is 0 Å². The zero-order valence-corrected chi connectivity index (χ0v) is 10.9. The molecule has 1 aliphatic heterocycles. The highest BCUT2D eigenvalue weighted by Gasteiger charge is 2.42. The van der Waals surface area contributed by atoms with Crippen molar-refractivity contribution in [2.45, 2.75) is 20.4 Å². The van der Waals surface area contributed by atoms with Crippen LogP contribution in [0.25, 0.3) is 11.0 Å². The molecule has 2 amide bonds. The maximum atomic E-state index is 12.0. The molecule has 19 heavy (non-hydrogen) atoms. The van der Waals surface area contributed by atoms with Crippen LogP contribution < -0.4 is 0 Å². The summed E-state index contributed by atoms with van der Waals surface area (Å²) in [4.78, 5) is 32.8. The Hall–Kier alpha value is -2.17. The SMILES string of the molecule is CC1C(=O)N(Cc2nc3ccccc3[nH]2)C(=O)C1C. The van der Waals surface area contributed by atoms with Gasteiger partial charge >= 0.3 is 0 Å². The quantitative estimate of drug-likeness (QED) is 0.833. The Morgan fingerprint density at radius 3 is 2.42 bits per heavy atom. The average molecular weight is 257 g/mol. The molecule has 1 fully saturated rings.